The molecule has 15 heavy (non-hydrogen) atoms. The van der Waals surface area contributed by atoms with Crippen molar-refractivity contribution in [1.29, 1.82) is 0 Å². The number of hydrogen-bond acceptors (Lipinski definition) is 7. The molecular weight excluding hydrogens is 208 g/mol. The number of hydrogen-bond donors (Lipinski definition) is 7. The van der Waals surface area contributed by atoms with Crippen LogP contribution in [-0.2, 0) is 0 Å². The highest BCUT2D eigenvalue weighted by Gasteiger charge is 2.56. The summed E-state index contributed by atoms with van der Waals surface area (Å²) in [7, 11) is 0. The third kappa shape index (κ3) is 1.87. The lowest BCUT2D eigenvalue weighted by Gasteiger charge is -2.47. The van der Waals surface area contributed by atoms with Crippen LogP contribution in [0.5, 0.6) is 0 Å². The zero-order chi connectivity index (χ0) is 11.8. The first-order valence-corrected chi connectivity index (χ1v) is 4.60. The van der Waals surface area contributed by atoms with E-state index in [0.29, 0.717) is 0 Å². The van der Waals surface area contributed by atoms with Gasteiger partial charge in [0.25, 0.3) is 0 Å². The van der Waals surface area contributed by atoms with Crippen molar-refractivity contribution < 1.29 is 35.7 Å². The summed E-state index contributed by atoms with van der Waals surface area (Å²) in [5.41, 5.74) is -2.23. The van der Waals surface area contributed by atoms with E-state index in [9.17, 15) is 30.6 Å². The Kier molecular flexibility index (Phi) is 3.67. The topological polar surface area (TPSA) is 142 Å². The SMILES string of the molecule is OCC[C@]1(O)C(O)C(O)[C@@H](O)C(O)C1O. The molecule has 0 bridgehead atoms. The Bertz CT molecular complexity index is 205. The van der Waals surface area contributed by atoms with Crippen molar-refractivity contribution in [1.82, 2.24) is 0 Å². The second kappa shape index (κ2) is 4.30. The molecule has 1 aliphatic carbocycles. The van der Waals surface area contributed by atoms with Gasteiger partial charge in [0.1, 0.15) is 36.1 Å². The van der Waals surface area contributed by atoms with Crippen LogP contribution < -0.4 is 0 Å². The van der Waals surface area contributed by atoms with Crippen molar-refractivity contribution in [3.05, 3.63) is 0 Å². The molecule has 0 heterocycles. The molecule has 0 aliphatic heterocycles. The van der Waals surface area contributed by atoms with E-state index in [1.54, 1.807) is 0 Å². The Labute approximate surface area is 85.8 Å². The number of aliphatic hydroxyl groups is 7. The molecule has 0 saturated heterocycles. The van der Waals surface area contributed by atoms with E-state index in [1.807, 2.05) is 0 Å². The first-order valence-electron chi connectivity index (χ1n) is 4.60. The highest BCUT2D eigenvalue weighted by atomic mass is 16.4. The Morgan fingerprint density at radius 2 is 1.20 bits per heavy atom. The maximum atomic E-state index is 9.78. The molecule has 0 aromatic rings. The van der Waals surface area contributed by atoms with Crippen molar-refractivity contribution in [2.24, 2.45) is 0 Å². The van der Waals surface area contributed by atoms with E-state index in [4.69, 9.17) is 5.11 Å². The smallest absolute Gasteiger partial charge is 0.124 e. The van der Waals surface area contributed by atoms with Crippen LogP contribution in [0.25, 0.3) is 0 Å². The van der Waals surface area contributed by atoms with Crippen molar-refractivity contribution in [3.63, 3.8) is 0 Å². The Morgan fingerprint density at radius 1 is 0.800 bits per heavy atom. The molecule has 4 unspecified atom stereocenters. The fraction of sp³-hybridized carbons (Fsp3) is 1.00. The van der Waals surface area contributed by atoms with Crippen LogP contribution in [0.3, 0.4) is 0 Å². The van der Waals surface area contributed by atoms with Gasteiger partial charge >= 0.3 is 0 Å². The maximum Gasteiger partial charge on any atom is 0.124 e. The predicted molar refractivity (Wildman–Crippen MR) is 46.7 cm³/mol. The van der Waals surface area contributed by atoms with Crippen molar-refractivity contribution >= 4 is 0 Å². The Morgan fingerprint density at radius 3 is 1.53 bits per heavy atom. The summed E-state index contributed by atoms with van der Waals surface area (Å²) >= 11 is 0. The lowest BCUT2D eigenvalue weighted by Crippen LogP contribution is -2.70. The van der Waals surface area contributed by atoms with Gasteiger partial charge in [0.15, 0.2) is 0 Å². The second-order valence-corrected chi connectivity index (χ2v) is 3.83. The van der Waals surface area contributed by atoms with E-state index >= 15 is 0 Å². The minimum absolute atomic E-state index is 0.420. The van der Waals surface area contributed by atoms with Crippen LogP contribution in [0.1, 0.15) is 6.42 Å². The van der Waals surface area contributed by atoms with E-state index in [-0.39, 0.29) is 0 Å². The second-order valence-electron chi connectivity index (χ2n) is 3.83. The molecule has 1 aliphatic rings. The maximum absolute atomic E-state index is 9.78. The normalized spacial score (nSPS) is 51.8. The summed E-state index contributed by atoms with van der Waals surface area (Å²) < 4.78 is 0. The molecule has 0 aromatic heterocycles. The third-order valence-electron chi connectivity index (χ3n) is 2.88. The zero-order valence-electron chi connectivity index (χ0n) is 7.93. The molecular formula is C8H16O7. The highest BCUT2D eigenvalue weighted by Crippen LogP contribution is 2.32. The number of aliphatic hydroxyl groups excluding tert-OH is 6. The summed E-state index contributed by atoms with van der Waals surface area (Å²) in [4.78, 5) is 0. The molecule has 0 aromatic carbocycles. The van der Waals surface area contributed by atoms with Gasteiger partial charge in [-0.2, -0.15) is 0 Å². The molecule has 1 rings (SSSR count). The van der Waals surface area contributed by atoms with Gasteiger partial charge in [0.05, 0.1) is 0 Å². The van der Waals surface area contributed by atoms with E-state index in [2.05, 4.69) is 0 Å². The van der Waals surface area contributed by atoms with Gasteiger partial charge in [0.2, 0.25) is 0 Å². The molecule has 0 amide bonds. The summed E-state index contributed by atoms with van der Waals surface area (Å²) in [6, 6.07) is 0. The lowest BCUT2D eigenvalue weighted by atomic mass is 9.73. The van der Waals surface area contributed by atoms with Crippen LogP contribution >= 0.6 is 0 Å². The lowest BCUT2D eigenvalue weighted by molar-refractivity contribution is -0.271. The summed E-state index contributed by atoms with van der Waals surface area (Å²) in [6.07, 6.45) is -9.39. The van der Waals surface area contributed by atoms with Gasteiger partial charge < -0.3 is 35.7 Å². The van der Waals surface area contributed by atoms with E-state index < -0.39 is 49.1 Å². The molecule has 7 nitrogen and oxygen atoms in total. The predicted octanol–water partition coefficient (Wildman–Crippen LogP) is -4.08. The molecule has 4 atom stereocenters. The molecule has 1 saturated carbocycles. The molecule has 90 valence electrons. The highest BCUT2D eigenvalue weighted by molar-refractivity contribution is 5.08. The van der Waals surface area contributed by atoms with Gasteiger partial charge in [-0.15, -0.1) is 0 Å². The van der Waals surface area contributed by atoms with Crippen molar-refractivity contribution in [2.75, 3.05) is 6.61 Å². The van der Waals surface area contributed by atoms with Gasteiger partial charge in [-0.3, -0.25) is 0 Å². The summed E-state index contributed by atoms with van der Waals surface area (Å²) in [5.74, 6) is 0. The first kappa shape index (κ1) is 12.8. The van der Waals surface area contributed by atoms with Gasteiger partial charge in [-0.25, -0.2) is 0 Å². The monoisotopic (exact) mass is 224 g/mol. The zero-order valence-corrected chi connectivity index (χ0v) is 7.93. The summed E-state index contributed by atoms with van der Waals surface area (Å²) in [6.45, 7) is -0.542. The van der Waals surface area contributed by atoms with Gasteiger partial charge in [-0.1, -0.05) is 0 Å². The van der Waals surface area contributed by atoms with Crippen molar-refractivity contribution in [3.8, 4) is 0 Å². The van der Waals surface area contributed by atoms with Crippen LogP contribution in [0, 0.1) is 0 Å². The summed E-state index contributed by atoms with van der Waals surface area (Å²) in [5, 5.41) is 65.1. The molecule has 7 heteroatoms. The third-order valence-corrected chi connectivity index (χ3v) is 2.88. The van der Waals surface area contributed by atoms with Gasteiger partial charge in [-0.05, 0) is 0 Å². The molecule has 7 N–H and O–H groups in total. The quantitative estimate of drug-likeness (QED) is 0.253. The molecule has 0 radical (unpaired) electrons. The average molecular weight is 224 g/mol. The largest absolute Gasteiger partial charge is 0.396 e. The Balaban J connectivity index is 2.95. The van der Waals surface area contributed by atoms with Crippen LogP contribution in [0.2, 0.25) is 0 Å². The molecule has 1 fully saturated rings. The van der Waals surface area contributed by atoms with E-state index in [0.717, 1.165) is 0 Å². The van der Waals surface area contributed by atoms with Crippen molar-refractivity contribution in [2.45, 2.75) is 42.5 Å². The first-order chi connectivity index (χ1) is 6.86. The Hall–Kier alpha value is -0.280. The molecule has 0 spiro atoms. The van der Waals surface area contributed by atoms with Crippen LogP contribution in [0.4, 0.5) is 0 Å². The van der Waals surface area contributed by atoms with Crippen LogP contribution in [0.15, 0.2) is 0 Å². The fourth-order valence-corrected chi connectivity index (χ4v) is 1.82. The average Bonchev–Trinajstić information content (AvgIpc) is 2.22. The number of rotatable bonds is 2. The standard InChI is InChI=1S/C8H16O7/c9-2-1-8(15)6(13)4(11)3(10)5(12)7(8)14/h3-7,9-15H,1-2H2/t3-,4?,5?,6?,7?,8+. The minimum atomic E-state index is -2.23. The van der Waals surface area contributed by atoms with E-state index in [1.165, 1.54) is 0 Å². The van der Waals surface area contributed by atoms with Gasteiger partial charge in [0, 0.05) is 13.0 Å². The minimum Gasteiger partial charge on any atom is -0.396 e. The van der Waals surface area contributed by atoms with Crippen LogP contribution in [-0.4, -0.2) is 78.5 Å². The fourth-order valence-electron chi connectivity index (χ4n) is 1.82.